The molecule has 0 atom stereocenters. The standard InChI is InChI=1S/C7H8S/c1-8-7-5-3-2-4-6-7/h2-6H,1H3/i7+1. The lowest BCUT2D eigenvalue weighted by atomic mass is 10.5. The molecule has 0 fully saturated rings. The largest absolute Gasteiger partial charge is 0.130 e. The van der Waals surface area contributed by atoms with Gasteiger partial charge in [-0.1, -0.05) is 18.2 Å². The minimum absolute atomic E-state index is 1.33. The van der Waals surface area contributed by atoms with Crippen molar-refractivity contribution in [3.8, 4) is 0 Å². The molecule has 0 nitrogen and oxygen atoms in total. The van der Waals surface area contributed by atoms with Gasteiger partial charge in [-0.05, 0) is 18.4 Å². The Bertz CT molecular complexity index is 146. The summed E-state index contributed by atoms with van der Waals surface area (Å²) in [5, 5.41) is 0. The van der Waals surface area contributed by atoms with Crippen LogP contribution in [0.5, 0.6) is 0 Å². The Morgan fingerprint density at radius 2 is 1.75 bits per heavy atom. The Kier molecular flexibility index (Phi) is 1.98. The lowest BCUT2D eigenvalue weighted by molar-refractivity contribution is 1.47. The number of hydrogen-bond acceptors (Lipinski definition) is 1. The van der Waals surface area contributed by atoms with Gasteiger partial charge in [0.05, 0.1) is 0 Å². The van der Waals surface area contributed by atoms with Gasteiger partial charge in [-0.3, -0.25) is 0 Å². The SMILES string of the molecule is CS[13c]1ccccc1. The van der Waals surface area contributed by atoms with Crippen molar-refractivity contribution in [2.75, 3.05) is 6.26 Å². The second kappa shape index (κ2) is 2.78. The van der Waals surface area contributed by atoms with Gasteiger partial charge < -0.3 is 0 Å². The summed E-state index contributed by atoms with van der Waals surface area (Å²) in [4.78, 5) is 1.33. The molecule has 0 N–H and O–H groups in total. The minimum atomic E-state index is 1.33. The van der Waals surface area contributed by atoms with Gasteiger partial charge in [0.2, 0.25) is 0 Å². The maximum Gasteiger partial charge on any atom is 0.00691 e. The molecule has 0 saturated heterocycles. The smallest absolute Gasteiger partial charge is 0.00691 e. The van der Waals surface area contributed by atoms with Crippen molar-refractivity contribution in [1.82, 2.24) is 0 Å². The molecule has 8 heavy (non-hydrogen) atoms. The summed E-state index contributed by atoms with van der Waals surface area (Å²) in [5.41, 5.74) is 0. The van der Waals surface area contributed by atoms with Crippen molar-refractivity contribution in [1.29, 1.82) is 0 Å². The predicted octanol–water partition coefficient (Wildman–Crippen LogP) is 2.41. The van der Waals surface area contributed by atoms with Gasteiger partial charge in [0.1, 0.15) is 0 Å². The van der Waals surface area contributed by atoms with Crippen LogP contribution in [0.2, 0.25) is 0 Å². The lowest BCUT2D eigenvalue weighted by Gasteiger charge is -1.89. The van der Waals surface area contributed by atoms with E-state index in [9.17, 15) is 0 Å². The highest BCUT2D eigenvalue weighted by molar-refractivity contribution is 7.98. The lowest BCUT2D eigenvalue weighted by Crippen LogP contribution is -1.62. The van der Waals surface area contributed by atoms with Gasteiger partial charge in [-0.15, -0.1) is 11.8 Å². The van der Waals surface area contributed by atoms with Crippen molar-refractivity contribution in [3.05, 3.63) is 30.3 Å². The van der Waals surface area contributed by atoms with Crippen molar-refractivity contribution >= 4 is 11.8 Å². The molecule has 0 aromatic heterocycles. The van der Waals surface area contributed by atoms with Gasteiger partial charge in [0.25, 0.3) is 0 Å². The average Bonchev–Trinajstić information content (AvgIpc) is 1.90. The van der Waals surface area contributed by atoms with E-state index in [0.717, 1.165) is 0 Å². The molecule has 0 heterocycles. The minimum Gasteiger partial charge on any atom is -0.130 e. The van der Waals surface area contributed by atoms with Gasteiger partial charge in [-0.25, -0.2) is 0 Å². The molecule has 0 aliphatic carbocycles. The van der Waals surface area contributed by atoms with Crippen LogP contribution >= 0.6 is 11.8 Å². The molecular formula is C7H8S. The number of rotatable bonds is 1. The van der Waals surface area contributed by atoms with E-state index >= 15 is 0 Å². The van der Waals surface area contributed by atoms with Crippen LogP contribution in [0.15, 0.2) is 35.2 Å². The first kappa shape index (κ1) is 5.70. The van der Waals surface area contributed by atoms with Crippen LogP contribution in [0.3, 0.4) is 0 Å². The van der Waals surface area contributed by atoms with Crippen molar-refractivity contribution in [3.63, 3.8) is 0 Å². The summed E-state index contributed by atoms with van der Waals surface area (Å²) < 4.78 is 0. The number of benzene rings is 1. The van der Waals surface area contributed by atoms with E-state index < -0.39 is 0 Å². The van der Waals surface area contributed by atoms with Crippen LogP contribution in [0.1, 0.15) is 0 Å². The van der Waals surface area contributed by atoms with E-state index in [0.29, 0.717) is 0 Å². The first-order valence-corrected chi connectivity index (χ1v) is 3.75. The van der Waals surface area contributed by atoms with E-state index in [1.54, 1.807) is 11.8 Å². The molecule has 1 aromatic carbocycles. The number of hydrogen-bond donors (Lipinski definition) is 0. The zero-order valence-electron chi connectivity index (χ0n) is 4.79. The number of thioether (sulfide) groups is 1. The second-order valence-corrected chi connectivity index (χ2v) is 2.40. The van der Waals surface area contributed by atoms with E-state index in [1.165, 1.54) is 4.90 Å². The Hall–Kier alpha value is -0.430. The molecular weight excluding hydrogens is 117 g/mol. The van der Waals surface area contributed by atoms with Crippen LogP contribution in [0, 0.1) is 0 Å². The third kappa shape index (κ3) is 1.27. The van der Waals surface area contributed by atoms with E-state index in [1.807, 2.05) is 18.2 Å². The first-order valence-electron chi connectivity index (χ1n) is 2.52. The van der Waals surface area contributed by atoms with E-state index in [-0.39, 0.29) is 0 Å². The summed E-state index contributed by atoms with van der Waals surface area (Å²) >= 11 is 1.77. The zero-order chi connectivity index (χ0) is 5.82. The van der Waals surface area contributed by atoms with Crippen LogP contribution < -0.4 is 0 Å². The molecule has 0 aliphatic heterocycles. The van der Waals surface area contributed by atoms with E-state index in [2.05, 4.69) is 18.4 Å². The van der Waals surface area contributed by atoms with Crippen molar-refractivity contribution < 1.29 is 0 Å². The Morgan fingerprint density at radius 1 is 1.12 bits per heavy atom. The van der Waals surface area contributed by atoms with Crippen LogP contribution in [-0.4, -0.2) is 6.26 Å². The topological polar surface area (TPSA) is 0 Å². The molecule has 1 rings (SSSR count). The predicted molar refractivity (Wildman–Crippen MR) is 38.2 cm³/mol. The van der Waals surface area contributed by atoms with Crippen LogP contribution in [0.25, 0.3) is 0 Å². The maximum absolute atomic E-state index is 2.10. The molecule has 42 valence electrons. The zero-order valence-corrected chi connectivity index (χ0v) is 5.61. The summed E-state index contributed by atoms with van der Waals surface area (Å²) in [6.45, 7) is 0. The Labute approximate surface area is 53.9 Å². The summed E-state index contributed by atoms with van der Waals surface area (Å²) in [7, 11) is 0. The molecule has 0 saturated carbocycles. The van der Waals surface area contributed by atoms with Crippen molar-refractivity contribution in [2.24, 2.45) is 0 Å². The molecule has 0 bridgehead atoms. The molecule has 0 aliphatic rings. The van der Waals surface area contributed by atoms with E-state index in [4.69, 9.17) is 0 Å². The van der Waals surface area contributed by atoms with Gasteiger partial charge in [-0.2, -0.15) is 0 Å². The third-order valence-corrected chi connectivity index (χ3v) is 1.72. The van der Waals surface area contributed by atoms with Gasteiger partial charge >= 0.3 is 0 Å². The van der Waals surface area contributed by atoms with Crippen LogP contribution in [-0.2, 0) is 0 Å². The van der Waals surface area contributed by atoms with Gasteiger partial charge in [0, 0.05) is 4.90 Å². The summed E-state index contributed by atoms with van der Waals surface area (Å²) in [6, 6.07) is 10.3. The van der Waals surface area contributed by atoms with Gasteiger partial charge in [0.15, 0.2) is 0 Å². The Morgan fingerprint density at radius 3 is 2.12 bits per heavy atom. The molecule has 1 heteroatoms. The molecule has 0 amide bonds. The Balaban J connectivity index is 2.83. The maximum atomic E-state index is 2.10. The fraction of sp³-hybridized carbons (Fsp3) is 0.143. The molecule has 0 unspecified atom stereocenters. The molecule has 1 aromatic rings. The quantitative estimate of drug-likeness (QED) is 0.519. The second-order valence-electron chi connectivity index (χ2n) is 1.52. The van der Waals surface area contributed by atoms with Crippen LogP contribution in [0.4, 0.5) is 0 Å². The molecule has 0 spiro atoms. The fourth-order valence-electron chi connectivity index (χ4n) is 0.557. The normalized spacial score (nSPS) is 9.12. The highest BCUT2D eigenvalue weighted by Crippen LogP contribution is 2.11. The first-order chi connectivity index (χ1) is 3.93. The summed E-state index contributed by atoms with van der Waals surface area (Å²) in [6.07, 6.45) is 2.08. The average molecular weight is 125 g/mol. The van der Waals surface area contributed by atoms with Crippen molar-refractivity contribution in [2.45, 2.75) is 4.90 Å². The highest BCUT2D eigenvalue weighted by Gasteiger charge is 1.80. The third-order valence-electron chi connectivity index (χ3n) is 0.979. The highest BCUT2D eigenvalue weighted by atomic mass is 32.2. The summed E-state index contributed by atoms with van der Waals surface area (Å²) in [5.74, 6) is 0. The molecule has 0 radical (unpaired) electrons. The fourth-order valence-corrected chi connectivity index (χ4v) is 0.986. The monoisotopic (exact) mass is 125 g/mol.